The molecule has 0 aromatic carbocycles. The van der Waals surface area contributed by atoms with Gasteiger partial charge in [0, 0.05) is 12.3 Å². The zero-order valence-corrected chi connectivity index (χ0v) is 6.93. The fraction of sp³-hybridized carbons (Fsp3) is 0. The Balaban J connectivity index is 3.29. The molecule has 1 aromatic heterocycles. The highest BCUT2D eigenvalue weighted by atomic mass is 32.2. The molecule has 0 bridgehead atoms. The Morgan fingerprint density at radius 3 is 2.62 bits per heavy atom. The summed E-state index contributed by atoms with van der Waals surface area (Å²) in [5.41, 5.74) is -0.442. The van der Waals surface area contributed by atoms with Gasteiger partial charge in [-0.15, -0.1) is 0 Å². The molecule has 0 atom stereocenters. The van der Waals surface area contributed by atoms with Gasteiger partial charge in [-0.2, -0.15) is 8.42 Å². The fourth-order valence-electron chi connectivity index (χ4n) is 0.654. The van der Waals surface area contributed by atoms with Crippen LogP contribution in [0.2, 0.25) is 0 Å². The van der Waals surface area contributed by atoms with E-state index in [-0.39, 0.29) is 0 Å². The predicted octanol–water partition coefficient (Wildman–Crippen LogP) is 0.236. The average Bonchev–Trinajstić information content (AvgIpc) is 2.03. The zero-order valence-electron chi connectivity index (χ0n) is 6.11. The highest BCUT2D eigenvalue weighted by Crippen LogP contribution is 2.13. The van der Waals surface area contributed by atoms with Crippen LogP contribution in [0.1, 0.15) is 0 Å². The van der Waals surface area contributed by atoms with Crippen LogP contribution >= 0.6 is 0 Å². The summed E-state index contributed by atoms with van der Waals surface area (Å²) in [5.74, 6) is 0. The van der Waals surface area contributed by atoms with E-state index >= 15 is 0 Å². The third-order valence-corrected chi connectivity index (χ3v) is 1.95. The smallest absolute Gasteiger partial charge is 0.281 e. The van der Waals surface area contributed by atoms with Gasteiger partial charge in [0.2, 0.25) is 0 Å². The Hall–Kier alpha value is -1.54. The summed E-state index contributed by atoms with van der Waals surface area (Å²) in [5, 5.41) is 9.45. The Morgan fingerprint density at radius 2 is 2.15 bits per heavy atom. The van der Waals surface area contributed by atoms with Crippen LogP contribution in [0.4, 0.5) is 5.69 Å². The number of aromatic nitrogens is 1. The number of pyridine rings is 1. The first-order valence-electron chi connectivity index (χ1n) is 2.99. The van der Waals surface area contributed by atoms with Crippen molar-refractivity contribution in [3.05, 3.63) is 28.4 Å². The largest absolute Gasteiger partial charge is 0.312 e. The molecule has 1 aromatic rings. The molecule has 0 aliphatic carbocycles. The minimum Gasteiger partial charge on any atom is -0.281 e. The van der Waals surface area contributed by atoms with Crippen LogP contribution in [0.25, 0.3) is 0 Å². The van der Waals surface area contributed by atoms with Crippen molar-refractivity contribution in [3.8, 4) is 0 Å². The Labute approximate surface area is 72.9 Å². The van der Waals surface area contributed by atoms with E-state index in [1.807, 2.05) is 0 Å². The molecular weight excluding hydrogens is 200 g/mol. The van der Waals surface area contributed by atoms with Crippen molar-refractivity contribution < 1.29 is 17.9 Å². The van der Waals surface area contributed by atoms with Gasteiger partial charge in [0.1, 0.15) is 0 Å². The van der Waals surface area contributed by atoms with Crippen molar-refractivity contribution >= 4 is 15.8 Å². The van der Waals surface area contributed by atoms with Gasteiger partial charge >= 0.3 is 10.1 Å². The lowest BCUT2D eigenvalue weighted by atomic mass is 10.4. The van der Waals surface area contributed by atoms with Gasteiger partial charge in [0.05, 0.1) is 11.0 Å². The zero-order chi connectivity index (χ0) is 10.1. The van der Waals surface area contributed by atoms with Gasteiger partial charge < -0.3 is 0 Å². The van der Waals surface area contributed by atoms with Crippen LogP contribution in [0.5, 0.6) is 0 Å². The first-order chi connectivity index (χ1) is 5.91. The summed E-state index contributed by atoms with van der Waals surface area (Å²) >= 11 is 0. The van der Waals surface area contributed by atoms with Crippen LogP contribution in [0.3, 0.4) is 0 Å². The maximum atomic E-state index is 10.5. The Morgan fingerprint density at radius 1 is 1.54 bits per heavy atom. The standard InChI is InChI=1S/C5H4N2O5S/c8-7(9)4-1-2-6-5(3-4)13(10,11)12/h1-3H,(H,10,11,12). The SMILES string of the molecule is O=[N+]([O-])c1ccnc(S(=O)(=O)O)c1. The molecule has 1 rings (SSSR count). The second kappa shape index (κ2) is 3.07. The number of nitro groups is 1. The molecule has 0 spiro atoms. The van der Waals surface area contributed by atoms with Crippen LogP contribution in [0, 0.1) is 10.1 Å². The van der Waals surface area contributed by atoms with Gasteiger partial charge in [0.25, 0.3) is 5.69 Å². The molecule has 0 unspecified atom stereocenters. The molecule has 1 heterocycles. The van der Waals surface area contributed by atoms with Crippen molar-refractivity contribution in [1.82, 2.24) is 4.98 Å². The summed E-state index contributed by atoms with van der Waals surface area (Å²) in [4.78, 5) is 12.7. The van der Waals surface area contributed by atoms with Crippen molar-refractivity contribution in [2.45, 2.75) is 5.03 Å². The van der Waals surface area contributed by atoms with Crippen molar-refractivity contribution in [1.29, 1.82) is 0 Å². The molecular formula is C5H4N2O5S. The topological polar surface area (TPSA) is 110 Å². The maximum absolute atomic E-state index is 10.5. The molecule has 0 amide bonds. The van der Waals surface area contributed by atoms with Gasteiger partial charge in [-0.25, -0.2) is 4.98 Å². The summed E-state index contributed by atoms with van der Waals surface area (Å²) in [6, 6.07) is 1.70. The highest BCUT2D eigenvalue weighted by Gasteiger charge is 2.15. The molecule has 13 heavy (non-hydrogen) atoms. The number of hydrogen-bond acceptors (Lipinski definition) is 5. The Bertz CT molecular complexity index is 440. The van der Waals surface area contributed by atoms with Gasteiger partial charge in [-0.1, -0.05) is 0 Å². The second-order valence-corrected chi connectivity index (χ2v) is 3.45. The highest BCUT2D eigenvalue weighted by molar-refractivity contribution is 7.85. The summed E-state index contributed by atoms with van der Waals surface area (Å²) in [7, 11) is -4.47. The molecule has 70 valence electrons. The molecule has 0 fully saturated rings. The molecule has 0 aliphatic rings. The fourth-order valence-corrected chi connectivity index (χ4v) is 1.12. The monoisotopic (exact) mass is 204 g/mol. The quantitative estimate of drug-likeness (QED) is 0.419. The third kappa shape index (κ3) is 2.20. The van der Waals surface area contributed by atoms with E-state index in [2.05, 4.69) is 4.98 Å². The lowest BCUT2D eigenvalue weighted by Gasteiger charge is -1.94. The van der Waals surface area contributed by atoms with E-state index in [1.54, 1.807) is 0 Å². The van der Waals surface area contributed by atoms with Gasteiger partial charge in [-0.05, 0) is 0 Å². The van der Waals surface area contributed by atoms with Crippen molar-refractivity contribution in [2.24, 2.45) is 0 Å². The minimum absolute atomic E-state index is 0.442. The average molecular weight is 204 g/mol. The normalized spacial score (nSPS) is 11.2. The van der Waals surface area contributed by atoms with E-state index in [9.17, 15) is 18.5 Å². The molecule has 7 nitrogen and oxygen atoms in total. The molecule has 0 saturated heterocycles. The van der Waals surface area contributed by atoms with E-state index in [0.29, 0.717) is 6.07 Å². The first-order valence-corrected chi connectivity index (χ1v) is 4.43. The third-order valence-electron chi connectivity index (χ3n) is 1.19. The molecule has 8 heteroatoms. The lowest BCUT2D eigenvalue weighted by molar-refractivity contribution is -0.385. The molecule has 1 N–H and O–H groups in total. The summed E-state index contributed by atoms with van der Waals surface area (Å²) in [6.45, 7) is 0. The predicted molar refractivity (Wildman–Crippen MR) is 40.7 cm³/mol. The number of nitrogens with zero attached hydrogens (tertiary/aromatic N) is 2. The van der Waals surface area contributed by atoms with E-state index in [0.717, 1.165) is 12.3 Å². The van der Waals surface area contributed by atoms with Crippen molar-refractivity contribution in [3.63, 3.8) is 0 Å². The minimum atomic E-state index is -4.47. The van der Waals surface area contributed by atoms with E-state index < -0.39 is 25.8 Å². The first kappa shape index (κ1) is 9.55. The van der Waals surface area contributed by atoms with Crippen molar-refractivity contribution in [2.75, 3.05) is 0 Å². The molecule has 0 saturated carbocycles. The Kier molecular flexibility index (Phi) is 2.26. The second-order valence-electron chi connectivity index (χ2n) is 2.08. The van der Waals surface area contributed by atoms with Gasteiger partial charge in [-0.3, -0.25) is 14.7 Å². The molecule has 0 radical (unpaired) electrons. The van der Waals surface area contributed by atoms with Crippen LogP contribution in [-0.4, -0.2) is 22.9 Å². The summed E-state index contributed by atoms with van der Waals surface area (Å²) < 4.78 is 29.4. The van der Waals surface area contributed by atoms with Crippen LogP contribution in [-0.2, 0) is 10.1 Å². The molecule has 0 aliphatic heterocycles. The maximum Gasteiger partial charge on any atom is 0.312 e. The summed E-state index contributed by atoms with van der Waals surface area (Å²) in [6.07, 6.45) is 0.932. The van der Waals surface area contributed by atoms with Crippen LogP contribution < -0.4 is 0 Å². The van der Waals surface area contributed by atoms with E-state index in [1.165, 1.54) is 0 Å². The number of hydrogen-bond donors (Lipinski definition) is 1. The lowest BCUT2D eigenvalue weighted by Crippen LogP contribution is -2.01. The van der Waals surface area contributed by atoms with Crippen LogP contribution in [0.15, 0.2) is 23.4 Å². The number of rotatable bonds is 2. The van der Waals surface area contributed by atoms with Gasteiger partial charge in [0.15, 0.2) is 5.03 Å². The van der Waals surface area contributed by atoms with E-state index in [4.69, 9.17) is 4.55 Å².